The molecular formula is C14H12BrN3O. The van der Waals surface area contributed by atoms with Crippen molar-refractivity contribution in [2.75, 3.05) is 6.54 Å². The zero-order valence-electron chi connectivity index (χ0n) is 10.1. The minimum atomic E-state index is 0.550. The lowest BCUT2D eigenvalue weighted by molar-refractivity contribution is 0.386. The van der Waals surface area contributed by atoms with E-state index < -0.39 is 0 Å². The average Bonchev–Trinajstić information content (AvgIpc) is 2.88. The standard InChI is InChI=1S/C14H12BrN3O/c15-12-4-3-11(14-10(12)2-1-7-17-14)13-8-9(5-6-16)19-18-13/h1-4,7-8H,5-6,16H2. The highest BCUT2D eigenvalue weighted by molar-refractivity contribution is 9.10. The molecule has 0 saturated carbocycles. The van der Waals surface area contributed by atoms with Crippen molar-refractivity contribution < 1.29 is 4.52 Å². The Bertz CT molecular complexity index is 724. The van der Waals surface area contributed by atoms with Crippen LogP contribution in [0.25, 0.3) is 22.2 Å². The molecule has 0 aliphatic heterocycles. The number of fused-ring (bicyclic) bond motifs is 1. The Labute approximate surface area is 118 Å². The largest absolute Gasteiger partial charge is 0.361 e. The Morgan fingerprint density at radius 1 is 1.26 bits per heavy atom. The van der Waals surface area contributed by atoms with Crippen LogP contribution in [0.15, 0.2) is 45.5 Å². The van der Waals surface area contributed by atoms with Gasteiger partial charge in [-0.1, -0.05) is 27.2 Å². The quantitative estimate of drug-likeness (QED) is 0.806. The fourth-order valence-corrected chi connectivity index (χ4v) is 2.50. The van der Waals surface area contributed by atoms with Crippen molar-refractivity contribution in [3.8, 4) is 11.3 Å². The summed E-state index contributed by atoms with van der Waals surface area (Å²) in [4.78, 5) is 4.44. The number of nitrogens with zero attached hydrogens (tertiary/aromatic N) is 2. The van der Waals surface area contributed by atoms with Crippen molar-refractivity contribution >= 4 is 26.8 Å². The van der Waals surface area contributed by atoms with Crippen molar-refractivity contribution in [1.82, 2.24) is 10.1 Å². The van der Waals surface area contributed by atoms with Crippen LogP contribution in [-0.2, 0) is 6.42 Å². The highest BCUT2D eigenvalue weighted by Crippen LogP contribution is 2.31. The summed E-state index contributed by atoms with van der Waals surface area (Å²) in [7, 11) is 0. The van der Waals surface area contributed by atoms with Gasteiger partial charge >= 0.3 is 0 Å². The van der Waals surface area contributed by atoms with Crippen LogP contribution < -0.4 is 5.73 Å². The Morgan fingerprint density at radius 2 is 2.16 bits per heavy atom. The molecule has 96 valence electrons. The molecule has 0 unspecified atom stereocenters. The van der Waals surface area contributed by atoms with Crippen molar-refractivity contribution in [3.05, 3.63) is 46.8 Å². The van der Waals surface area contributed by atoms with Gasteiger partial charge in [-0.25, -0.2) is 0 Å². The molecule has 0 fully saturated rings. The summed E-state index contributed by atoms with van der Waals surface area (Å²) in [6.45, 7) is 0.550. The number of benzene rings is 1. The zero-order chi connectivity index (χ0) is 13.2. The van der Waals surface area contributed by atoms with Crippen LogP contribution in [0.4, 0.5) is 0 Å². The van der Waals surface area contributed by atoms with Gasteiger partial charge < -0.3 is 10.3 Å². The smallest absolute Gasteiger partial charge is 0.138 e. The average molecular weight is 318 g/mol. The maximum absolute atomic E-state index is 5.51. The summed E-state index contributed by atoms with van der Waals surface area (Å²) < 4.78 is 6.29. The predicted molar refractivity (Wildman–Crippen MR) is 77.7 cm³/mol. The van der Waals surface area contributed by atoms with Gasteiger partial charge in [0, 0.05) is 34.1 Å². The monoisotopic (exact) mass is 317 g/mol. The second kappa shape index (κ2) is 5.11. The van der Waals surface area contributed by atoms with Gasteiger partial charge in [0.25, 0.3) is 0 Å². The molecule has 2 heterocycles. The third-order valence-corrected chi connectivity index (χ3v) is 3.63. The first kappa shape index (κ1) is 12.3. The number of nitrogens with two attached hydrogens (primary N) is 1. The van der Waals surface area contributed by atoms with E-state index in [9.17, 15) is 0 Å². The van der Waals surface area contributed by atoms with E-state index in [0.717, 1.165) is 32.4 Å². The maximum atomic E-state index is 5.51. The van der Waals surface area contributed by atoms with Gasteiger partial charge in [-0.3, -0.25) is 4.98 Å². The molecule has 0 amide bonds. The molecule has 1 aromatic carbocycles. The number of hydrogen-bond donors (Lipinski definition) is 1. The van der Waals surface area contributed by atoms with E-state index in [0.29, 0.717) is 13.0 Å². The van der Waals surface area contributed by atoms with Crippen molar-refractivity contribution in [2.24, 2.45) is 5.73 Å². The van der Waals surface area contributed by atoms with Gasteiger partial charge in [0.05, 0.1) is 5.52 Å². The van der Waals surface area contributed by atoms with Crippen LogP contribution in [0.2, 0.25) is 0 Å². The van der Waals surface area contributed by atoms with Crippen molar-refractivity contribution in [2.45, 2.75) is 6.42 Å². The first-order chi connectivity index (χ1) is 9.29. The van der Waals surface area contributed by atoms with Crippen molar-refractivity contribution in [3.63, 3.8) is 0 Å². The zero-order valence-corrected chi connectivity index (χ0v) is 11.7. The molecule has 0 aliphatic rings. The van der Waals surface area contributed by atoms with Crippen LogP contribution in [0.5, 0.6) is 0 Å². The topological polar surface area (TPSA) is 64.9 Å². The van der Waals surface area contributed by atoms with E-state index in [1.165, 1.54) is 0 Å². The molecule has 2 aromatic heterocycles. The molecule has 0 bridgehead atoms. The van der Waals surface area contributed by atoms with E-state index in [1.807, 2.05) is 30.3 Å². The van der Waals surface area contributed by atoms with Gasteiger partial charge in [0.2, 0.25) is 0 Å². The molecule has 5 heteroatoms. The molecule has 0 aliphatic carbocycles. The van der Waals surface area contributed by atoms with Crippen LogP contribution in [0.3, 0.4) is 0 Å². The number of rotatable bonds is 3. The molecule has 3 aromatic rings. The maximum Gasteiger partial charge on any atom is 0.138 e. The van der Waals surface area contributed by atoms with Gasteiger partial charge in [0.1, 0.15) is 11.5 Å². The van der Waals surface area contributed by atoms with E-state index >= 15 is 0 Å². The minimum Gasteiger partial charge on any atom is -0.361 e. The number of pyridine rings is 1. The molecule has 19 heavy (non-hydrogen) atoms. The van der Waals surface area contributed by atoms with E-state index in [1.54, 1.807) is 6.20 Å². The second-order valence-corrected chi connectivity index (χ2v) is 5.07. The molecule has 0 spiro atoms. The van der Waals surface area contributed by atoms with Crippen LogP contribution in [-0.4, -0.2) is 16.7 Å². The Balaban J connectivity index is 2.16. The third-order valence-electron chi connectivity index (χ3n) is 2.94. The third kappa shape index (κ3) is 2.27. The Morgan fingerprint density at radius 3 is 3.00 bits per heavy atom. The van der Waals surface area contributed by atoms with Gasteiger partial charge in [-0.15, -0.1) is 0 Å². The minimum absolute atomic E-state index is 0.550. The first-order valence-corrected chi connectivity index (χ1v) is 6.78. The lowest BCUT2D eigenvalue weighted by Crippen LogP contribution is -2.01. The summed E-state index contributed by atoms with van der Waals surface area (Å²) in [5, 5.41) is 5.16. The number of aromatic nitrogens is 2. The lowest BCUT2D eigenvalue weighted by atomic mass is 10.1. The normalized spacial score (nSPS) is 11.1. The van der Waals surface area contributed by atoms with Crippen LogP contribution >= 0.6 is 15.9 Å². The summed E-state index contributed by atoms with van der Waals surface area (Å²) >= 11 is 3.53. The SMILES string of the molecule is NCCc1cc(-c2ccc(Br)c3cccnc23)no1. The summed E-state index contributed by atoms with van der Waals surface area (Å²) in [5.74, 6) is 0.796. The summed E-state index contributed by atoms with van der Waals surface area (Å²) in [5.41, 5.74) is 8.17. The highest BCUT2D eigenvalue weighted by atomic mass is 79.9. The van der Waals surface area contributed by atoms with E-state index in [-0.39, 0.29) is 0 Å². The molecule has 0 atom stereocenters. The Hall–Kier alpha value is -1.72. The van der Waals surface area contributed by atoms with Gasteiger partial charge in [-0.2, -0.15) is 0 Å². The van der Waals surface area contributed by atoms with Crippen LogP contribution in [0, 0.1) is 0 Å². The summed E-state index contributed by atoms with van der Waals surface area (Å²) in [6.07, 6.45) is 2.47. The Kier molecular flexibility index (Phi) is 3.31. The molecule has 3 rings (SSSR count). The molecule has 2 N–H and O–H groups in total. The fourth-order valence-electron chi connectivity index (χ4n) is 2.04. The predicted octanol–water partition coefficient (Wildman–Crippen LogP) is 3.15. The van der Waals surface area contributed by atoms with Crippen molar-refractivity contribution in [1.29, 1.82) is 0 Å². The second-order valence-electron chi connectivity index (χ2n) is 4.21. The fraction of sp³-hybridized carbons (Fsp3) is 0.143. The number of hydrogen-bond acceptors (Lipinski definition) is 4. The molecule has 0 radical (unpaired) electrons. The molecule has 4 nitrogen and oxygen atoms in total. The lowest BCUT2D eigenvalue weighted by Gasteiger charge is -2.04. The first-order valence-electron chi connectivity index (χ1n) is 5.99. The highest BCUT2D eigenvalue weighted by Gasteiger charge is 2.11. The van der Waals surface area contributed by atoms with E-state index in [4.69, 9.17) is 10.3 Å². The number of halogens is 1. The molecular weight excluding hydrogens is 306 g/mol. The van der Waals surface area contributed by atoms with E-state index in [2.05, 4.69) is 26.1 Å². The van der Waals surface area contributed by atoms with Crippen LogP contribution in [0.1, 0.15) is 5.76 Å². The molecule has 0 saturated heterocycles. The van der Waals surface area contributed by atoms with Gasteiger partial charge in [-0.05, 0) is 24.7 Å². The van der Waals surface area contributed by atoms with Gasteiger partial charge in [0.15, 0.2) is 0 Å². The summed E-state index contributed by atoms with van der Waals surface area (Å²) in [6, 6.07) is 9.85.